The number of amides is 1. The lowest BCUT2D eigenvalue weighted by Gasteiger charge is -2.07. The molecule has 0 atom stereocenters. The summed E-state index contributed by atoms with van der Waals surface area (Å²) in [6.45, 7) is -0.686. The van der Waals surface area contributed by atoms with Gasteiger partial charge in [-0.1, -0.05) is 24.3 Å². The maximum Gasteiger partial charge on any atom is 0.325 e. The molecule has 0 aromatic heterocycles. The molecule has 7 nitrogen and oxygen atoms in total. The van der Waals surface area contributed by atoms with Crippen molar-refractivity contribution in [3.63, 3.8) is 0 Å². The fourth-order valence-corrected chi connectivity index (χ4v) is 1.84. The molecule has 0 saturated carbocycles. The van der Waals surface area contributed by atoms with Gasteiger partial charge in [-0.25, -0.2) is 4.39 Å². The SMILES string of the molecule is O=C(CNC(=O)c1cccc([N+](=O)[O-])c1)OCc1ccccc1F. The van der Waals surface area contributed by atoms with Crippen molar-refractivity contribution in [1.29, 1.82) is 0 Å². The highest BCUT2D eigenvalue weighted by atomic mass is 19.1. The van der Waals surface area contributed by atoms with Crippen molar-refractivity contribution in [2.24, 2.45) is 0 Å². The van der Waals surface area contributed by atoms with Gasteiger partial charge < -0.3 is 10.1 Å². The van der Waals surface area contributed by atoms with Crippen molar-refractivity contribution in [3.05, 3.63) is 75.6 Å². The van der Waals surface area contributed by atoms with Crippen LogP contribution in [0, 0.1) is 15.9 Å². The first-order valence-electron chi connectivity index (χ1n) is 6.89. The molecule has 0 aliphatic carbocycles. The van der Waals surface area contributed by atoms with E-state index in [-0.39, 0.29) is 23.4 Å². The van der Waals surface area contributed by atoms with Crippen molar-refractivity contribution in [2.45, 2.75) is 6.61 Å². The zero-order valence-electron chi connectivity index (χ0n) is 12.4. The number of nitro groups is 1. The molecule has 0 bridgehead atoms. The molecule has 1 amide bonds. The molecule has 0 aliphatic rings. The summed E-state index contributed by atoms with van der Waals surface area (Å²) in [6, 6.07) is 10.9. The number of hydrogen-bond donors (Lipinski definition) is 1. The summed E-state index contributed by atoms with van der Waals surface area (Å²) in [6.07, 6.45) is 0. The summed E-state index contributed by atoms with van der Waals surface area (Å²) < 4.78 is 18.2. The Morgan fingerprint density at radius 1 is 1.17 bits per heavy atom. The molecule has 124 valence electrons. The summed E-state index contributed by atoms with van der Waals surface area (Å²) in [5.74, 6) is -1.90. The first kappa shape index (κ1) is 17.1. The molecular weight excluding hydrogens is 319 g/mol. The molecule has 2 aromatic rings. The third-order valence-corrected chi connectivity index (χ3v) is 3.06. The topological polar surface area (TPSA) is 98.5 Å². The van der Waals surface area contributed by atoms with Gasteiger partial charge in [0, 0.05) is 23.3 Å². The van der Waals surface area contributed by atoms with Crippen molar-refractivity contribution in [2.75, 3.05) is 6.54 Å². The van der Waals surface area contributed by atoms with E-state index in [1.165, 1.54) is 36.4 Å². The first-order valence-corrected chi connectivity index (χ1v) is 6.89. The van der Waals surface area contributed by atoms with Crippen LogP contribution in [0.5, 0.6) is 0 Å². The highest BCUT2D eigenvalue weighted by Crippen LogP contribution is 2.13. The van der Waals surface area contributed by atoms with Crippen molar-refractivity contribution < 1.29 is 23.6 Å². The molecule has 2 rings (SSSR count). The number of non-ortho nitro benzene ring substituents is 1. The van der Waals surface area contributed by atoms with Gasteiger partial charge >= 0.3 is 5.97 Å². The number of nitrogens with one attached hydrogen (secondary N) is 1. The van der Waals surface area contributed by atoms with Gasteiger partial charge in [0.25, 0.3) is 11.6 Å². The standard InChI is InChI=1S/C16H13FN2O5/c17-14-7-2-1-4-12(14)10-24-15(20)9-18-16(21)11-5-3-6-13(8-11)19(22)23/h1-8H,9-10H2,(H,18,21). The zero-order chi connectivity index (χ0) is 17.5. The van der Waals surface area contributed by atoms with Crippen LogP contribution < -0.4 is 5.32 Å². The van der Waals surface area contributed by atoms with Crippen LogP contribution in [0.4, 0.5) is 10.1 Å². The Bertz CT molecular complexity index is 779. The molecule has 2 aromatic carbocycles. The molecule has 8 heteroatoms. The number of hydrogen-bond acceptors (Lipinski definition) is 5. The fraction of sp³-hybridized carbons (Fsp3) is 0.125. The van der Waals surface area contributed by atoms with E-state index in [0.717, 1.165) is 6.07 Å². The first-order chi connectivity index (χ1) is 11.5. The lowest BCUT2D eigenvalue weighted by atomic mass is 10.2. The van der Waals surface area contributed by atoms with Crippen molar-refractivity contribution >= 4 is 17.6 Å². The lowest BCUT2D eigenvalue weighted by molar-refractivity contribution is -0.384. The van der Waals surface area contributed by atoms with Crippen LogP contribution in [0.25, 0.3) is 0 Å². The highest BCUT2D eigenvalue weighted by Gasteiger charge is 2.13. The Balaban J connectivity index is 1.85. The normalized spacial score (nSPS) is 10.0. The number of rotatable bonds is 6. The summed E-state index contributed by atoms with van der Waals surface area (Å²) in [5, 5.41) is 12.9. The van der Waals surface area contributed by atoms with Gasteiger partial charge in [-0.2, -0.15) is 0 Å². The molecule has 0 saturated heterocycles. The summed E-state index contributed by atoms with van der Waals surface area (Å²) >= 11 is 0. The largest absolute Gasteiger partial charge is 0.459 e. The number of nitrogens with zero attached hydrogens (tertiary/aromatic N) is 1. The second-order valence-corrected chi connectivity index (χ2v) is 4.74. The average molecular weight is 332 g/mol. The number of carbonyl (C=O) groups is 2. The smallest absolute Gasteiger partial charge is 0.325 e. The number of benzene rings is 2. The fourth-order valence-electron chi connectivity index (χ4n) is 1.84. The molecule has 0 unspecified atom stereocenters. The second-order valence-electron chi connectivity index (χ2n) is 4.74. The van der Waals surface area contributed by atoms with Crippen LogP contribution in [-0.2, 0) is 16.1 Å². The molecule has 24 heavy (non-hydrogen) atoms. The maximum absolute atomic E-state index is 13.4. The van der Waals surface area contributed by atoms with E-state index in [2.05, 4.69) is 5.32 Å². The molecule has 0 spiro atoms. The molecule has 0 fully saturated rings. The Hall–Kier alpha value is -3.29. The van der Waals surface area contributed by atoms with Gasteiger partial charge in [0.05, 0.1) is 4.92 Å². The van der Waals surface area contributed by atoms with Crippen LogP contribution in [0.2, 0.25) is 0 Å². The van der Waals surface area contributed by atoms with Gasteiger partial charge in [0.15, 0.2) is 0 Å². The average Bonchev–Trinajstić information content (AvgIpc) is 2.59. The van der Waals surface area contributed by atoms with Gasteiger partial charge in [-0.15, -0.1) is 0 Å². The zero-order valence-corrected chi connectivity index (χ0v) is 12.4. The number of carbonyl (C=O) groups excluding carboxylic acids is 2. The Morgan fingerprint density at radius 3 is 2.62 bits per heavy atom. The number of nitro benzene ring substituents is 1. The Morgan fingerprint density at radius 2 is 1.92 bits per heavy atom. The van der Waals surface area contributed by atoms with E-state index in [1.807, 2.05) is 0 Å². The van der Waals surface area contributed by atoms with Crippen molar-refractivity contribution in [3.8, 4) is 0 Å². The summed E-state index contributed by atoms with van der Waals surface area (Å²) in [5.41, 5.74) is 0.0340. The van der Waals surface area contributed by atoms with E-state index >= 15 is 0 Å². The number of esters is 1. The Labute approximate surface area is 136 Å². The van der Waals surface area contributed by atoms with Crippen LogP contribution in [-0.4, -0.2) is 23.3 Å². The third kappa shape index (κ3) is 4.60. The number of ether oxygens (including phenoxy) is 1. The third-order valence-electron chi connectivity index (χ3n) is 3.06. The summed E-state index contributed by atoms with van der Waals surface area (Å²) in [7, 11) is 0. The Kier molecular flexibility index (Phi) is 5.56. The monoisotopic (exact) mass is 332 g/mol. The van der Waals surface area contributed by atoms with Gasteiger partial charge in [-0.05, 0) is 12.1 Å². The number of halogens is 1. The van der Waals surface area contributed by atoms with Crippen molar-refractivity contribution in [1.82, 2.24) is 5.32 Å². The van der Waals surface area contributed by atoms with Gasteiger partial charge in [0.1, 0.15) is 19.0 Å². The maximum atomic E-state index is 13.4. The molecular formula is C16H13FN2O5. The van der Waals surface area contributed by atoms with E-state index in [4.69, 9.17) is 4.74 Å². The quantitative estimate of drug-likeness (QED) is 0.497. The van der Waals surface area contributed by atoms with E-state index < -0.39 is 29.2 Å². The van der Waals surface area contributed by atoms with E-state index in [9.17, 15) is 24.1 Å². The minimum atomic E-state index is -0.753. The van der Waals surface area contributed by atoms with Crippen LogP contribution in [0.3, 0.4) is 0 Å². The molecule has 0 radical (unpaired) electrons. The van der Waals surface area contributed by atoms with Crippen LogP contribution in [0.15, 0.2) is 48.5 Å². The predicted molar refractivity (Wildman–Crippen MR) is 81.6 cm³/mol. The van der Waals surface area contributed by atoms with Gasteiger partial charge in [0.2, 0.25) is 0 Å². The summed E-state index contributed by atoms with van der Waals surface area (Å²) in [4.78, 5) is 33.5. The predicted octanol–water partition coefficient (Wildman–Crippen LogP) is 2.21. The molecule has 1 N–H and O–H groups in total. The van der Waals surface area contributed by atoms with Gasteiger partial charge in [-0.3, -0.25) is 19.7 Å². The molecule has 0 heterocycles. The van der Waals surface area contributed by atoms with Crippen LogP contribution >= 0.6 is 0 Å². The van der Waals surface area contributed by atoms with E-state index in [1.54, 1.807) is 6.07 Å². The lowest BCUT2D eigenvalue weighted by Crippen LogP contribution is -2.30. The second kappa shape index (κ2) is 7.82. The highest BCUT2D eigenvalue weighted by molar-refractivity contribution is 5.96. The van der Waals surface area contributed by atoms with Crippen LogP contribution in [0.1, 0.15) is 15.9 Å². The van der Waals surface area contributed by atoms with E-state index in [0.29, 0.717) is 0 Å². The molecule has 0 aliphatic heterocycles. The minimum Gasteiger partial charge on any atom is -0.459 e. The minimum absolute atomic E-state index is 0.0473.